The van der Waals surface area contributed by atoms with Crippen molar-refractivity contribution in [2.24, 2.45) is 4.99 Å². The molecule has 0 aromatic carbocycles. The first kappa shape index (κ1) is 21.6. The van der Waals surface area contributed by atoms with Crippen molar-refractivity contribution in [1.29, 1.82) is 0 Å². The van der Waals surface area contributed by atoms with Crippen molar-refractivity contribution in [2.45, 2.75) is 65.2 Å². The first-order valence-electron chi connectivity index (χ1n) is 9.30. The van der Waals surface area contributed by atoms with Gasteiger partial charge in [0.25, 0.3) is 0 Å². The molecule has 6 heteroatoms. The molecule has 0 saturated carbocycles. The molecule has 1 aliphatic rings. The smallest absolute Gasteiger partial charge is 0.191 e. The van der Waals surface area contributed by atoms with E-state index in [-0.39, 0.29) is 5.54 Å². The van der Waals surface area contributed by atoms with Gasteiger partial charge in [-0.1, -0.05) is 0 Å². The van der Waals surface area contributed by atoms with Crippen molar-refractivity contribution >= 4 is 17.7 Å². The van der Waals surface area contributed by atoms with Gasteiger partial charge in [-0.25, -0.2) is 0 Å². The van der Waals surface area contributed by atoms with E-state index in [1.165, 1.54) is 18.6 Å². The van der Waals surface area contributed by atoms with E-state index >= 15 is 0 Å². The number of thioether (sulfide) groups is 1. The first-order valence-corrected chi connectivity index (χ1v) is 10.7. The fourth-order valence-corrected chi connectivity index (χ4v) is 3.46. The molecule has 142 valence electrons. The van der Waals surface area contributed by atoms with Gasteiger partial charge in [-0.2, -0.15) is 11.8 Å². The zero-order chi connectivity index (χ0) is 18.0. The molecule has 24 heavy (non-hydrogen) atoms. The highest BCUT2D eigenvalue weighted by atomic mass is 32.2. The molecule has 2 N–H and O–H groups in total. The number of morpholine rings is 1. The first-order chi connectivity index (χ1) is 11.4. The predicted molar refractivity (Wildman–Crippen MR) is 107 cm³/mol. The summed E-state index contributed by atoms with van der Waals surface area (Å²) in [5, 5.41) is 6.82. The molecule has 1 saturated heterocycles. The van der Waals surface area contributed by atoms with Crippen LogP contribution in [0.25, 0.3) is 0 Å². The highest BCUT2D eigenvalue weighted by Crippen LogP contribution is 2.21. The van der Waals surface area contributed by atoms with Gasteiger partial charge in [-0.3, -0.25) is 9.89 Å². The number of nitrogens with one attached hydrogen (secondary N) is 2. The van der Waals surface area contributed by atoms with Gasteiger partial charge < -0.3 is 15.4 Å². The molecule has 2 atom stereocenters. The highest BCUT2D eigenvalue weighted by molar-refractivity contribution is 7.98. The Bertz CT molecular complexity index is 366. The van der Waals surface area contributed by atoms with Crippen LogP contribution in [0.3, 0.4) is 0 Å². The van der Waals surface area contributed by atoms with Crippen LogP contribution in [-0.4, -0.2) is 73.3 Å². The summed E-state index contributed by atoms with van der Waals surface area (Å²) in [7, 11) is 0. The summed E-state index contributed by atoms with van der Waals surface area (Å²) in [6.45, 7) is 15.6. The van der Waals surface area contributed by atoms with E-state index in [0.717, 1.165) is 38.7 Å². The summed E-state index contributed by atoms with van der Waals surface area (Å²) >= 11 is 1.91. The number of unbranched alkanes of at least 4 members (excludes halogenated alkanes) is 1. The molecular weight excluding hydrogens is 320 g/mol. The average molecular weight is 359 g/mol. The van der Waals surface area contributed by atoms with Crippen LogP contribution in [0.2, 0.25) is 0 Å². The average Bonchev–Trinajstić information content (AvgIpc) is 2.51. The lowest BCUT2D eigenvalue weighted by molar-refractivity contribution is -0.0939. The van der Waals surface area contributed by atoms with Crippen LogP contribution >= 0.6 is 11.8 Å². The van der Waals surface area contributed by atoms with Crippen molar-refractivity contribution in [2.75, 3.05) is 44.7 Å². The van der Waals surface area contributed by atoms with Gasteiger partial charge in [0.1, 0.15) is 0 Å². The number of ether oxygens (including phenoxy) is 1. The topological polar surface area (TPSA) is 48.9 Å². The summed E-state index contributed by atoms with van der Waals surface area (Å²) < 4.78 is 5.86. The lowest BCUT2D eigenvalue weighted by Crippen LogP contribution is -2.56. The molecule has 1 aliphatic heterocycles. The van der Waals surface area contributed by atoms with E-state index in [1.54, 1.807) is 0 Å². The molecular formula is C18H38N4OS. The maximum atomic E-state index is 5.86. The van der Waals surface area contributed by atoms with Crippen LogP contribution < -0.4 is 10.6 Å². The van der Waals surface area contributed by atoms with E-state index < -0.39 is 0 Å². The van der Waals surface area contributed by atoms with Crippen LogP contribution in [0.5, 0.6) is 0 Å². The Morgan fingerprint density at radius 2 is 1.88 bits per heavy atom. The van der Waals surface area contributed by atoms with Gasteiger partial charge >= 0.3 is 0 Å². The zero-order valence-electron chi connectivity index (χ0n) is 16.5. The largest absolute Gasteiger partial charge is 0.373 e. The zero-order valence-corrected chi connectivity index (χ0v) is 17.3. The van der Waals surface area contributed by atoms with Crippen LogP contribution in [0.4, 0.5) is 0 Å². The standard InChI is InChI=1S/C18H38N4OS/c1-7-19-17(20-10-8-9-11-24-6)21-14-18(4,5)22-12-15(2)23-16(3)13-22/h15-16H,7-14H2,1-6H3,(H2,19,20,21). The molecule has 0 radical (unpaired) electrons. The normalized spacial score (nSPS) is 23.3. The molecule has 1 heterocycles. The molecule has 0 aliphatic carbocycles. The van der Waals surface area contributed by atoms with Crippen LogP contribution in [-0.2, 0) is 4.74 Å². The second-order valence-electron chi connectivity index (χ2n) is 7.30. The number of nitrogens with zero attached hydrogens (tertiary/aromatic N) is 2. The number of hydrogen-bond acceptors (Lipinski definition) is 4. The minimum Gasteiger partial charge on any atom is -0.373 e. The highest BCUT2D eigenvalue weighted by Gasteiger charge is 2.33. The van der Waals surface area contributed by atoms with Gasteiger partial charge in [0, 0.05) is 31.7 Å². The van der Waals surface area contributed by atoms with Crippen molar-refractivity contribution in [3.63, 3.8) is 0 Å². The van der Waals surface area contributed by atoms with Gasteiger partial charge in [0.2, 0.25) is 0 Å². The summed E-state index contributed by atoms with van der Waals surface area (Å²) in [4.78, 5) is 7.35. The van der Waals surface area contributed by atoms with Gasteiger partial charge in [-0.05, 0) is 59.5 Å². The summed E-state index contributed by atoms with van der Waals surface area (Å²) in [5.41, 5.74) is 0.0352. The maximum absolute atomic E-state index is 5.86. The quantitative estimate of drug-likeness (QED) is 0.377. The Balaban J connectivity index is 2.52. The Labute approximate surface area is 153 Å². The van der Waals surface area contributed by atoms with Gasteiger partial charge in [-0.15, -0.1) is 0 Å². The monoisotopic (exact) mass is 358 g/mol. The Hall–Kier alpha value is -0.460. The molecule has 5 nitrogen and oxygen atoms in total. The molecule has 0 amide bonds. The Kier molecular flexibility index (Phi) is 10.1. The van der Waals surface area contributed by atoms with Crippen molar-refractivity contribution in [1.82, 2.24) is 15.5 Å². The molecule has 1 rings (SSSR count). The molecule has 1 fully saturated rings. The van der Waals surface area contributed by atoms with Gasteiger partial charge in [0.05, 0.1) is 18.8 Å². The number of hydrogen-bond donors (Lipinski definition) is 2. The third kappa shape index (κ3) is 8.08. The molecule has 0 aromatic heterocycles. The van der Waals surface area contributed by atoms with E-state index in [1.807, 2.05) is 11.8 Å². The lowest BCUT2D eigenvalue weighted by Gasteiger charge is -2.44. The van der Waals surface area contributed by atoms with E-state index in [9.17, 15) is 0 Å². The number of guanidine groups is 1. The second-order valence-corrected chi connectivity index (χ2v) is 8.28. The van der Waals surface area contributed by atoms with Gasteiger partial charge in [0.15, 0.2) is 5.96 Å². The maximum Gasteiger partial charge on any atom is 0.191 e. The molecule has 0 spiro atoms. The van der Waals surface area contributed by atoms with Crippen LogP contribution in [0, 0.1) is 0 Å². The molecule has 2 unspecified atom stereocenters. The number of rotatable bonds is 9. The van der Waals surface area contributed by atoms with E-state index in [2.05, 4.69) is 56.4 Å². The van der Waals surface area contributed by atoms with Crippen molar-refractivity contribution in [3.05, 3.63) is 0 Å². The summed E-state index contributed by atoms with van der Waals surface area (Å²) in [6, 6.07) is 0. The minimum absolute atomic E-state index is 0.0352. The lowest BCUT2D eigenvalue weighted by atomic mass is 10.0. The Morgan fingerprint density at radius 3 is 2.46 bits per heavy atom. The SMILES string of the molecule is CCNC(=NCC(C)(C)N1CC(C)OC(C)C1)NCCCCSC. The van der Waals surface area contributed by atoms with Crippen LogP contribution in [0.15, 0.2) is 4.99 Å². The minimum atomic E-state index is 0.0352. The third-order valence-electron chi connectivity index (χ3n) is 4.31. The fourth-order valence-electron chi connectivity index (χ4n) is 2.96. The molecule has 0 aromatic rings. The predicted octanol–water partition coefficient (Wildman–Crippen LogP) is 2.57. The third-order valence-corrected chi connectivity index (χ3v) is 5.01. The fraction of sp³-hybridized carbons (Fsp3) is 0.944. The van der Waals surface area contributed by atoms with E-state index in [4.69, 9.17) is 9.73 Å². The van der Waals surface area contributed by atoms with Crippen LogP contribution in [0.1, 0.15) is 47.5 Å². The summed E-state index contributed by atoms with van der Waals surface area (Å²) in [5.74, 6) is 2.17. The van der Waals surface area contributed by atoms with E-state index in [0.29, 0.717) is 12.2 Å². The van der Waals surface area contributed by atoms with Crippen molar-refractivity contribution < 1.29 is 4.74 Å². The Morgan fingerprint density at radius 1 is 1.21 bits per heavy atom. The second kappa shape index (κ2) is 11.2. The summed E-state index contributed by atoms with van der Waals surface area (Å²) in [6.07, 6.45) is 5.18. The number of aliphatic imine (C=N–C) groups is 1. The molecule has 0 bridgehead atoms. The van der Waals surface area contributed by atoms with Crippen molar-refractivity contribution in [3.8, 4) is 0 Å².